The third-order valence-corrected chi connectivity index (χ3v) is 3.31. The Kier molecular flexibility index (Phi) is 10.2. The van der Waals surface area contributed by atoms with Gasteiger partial charge in [0.05, 0.1) is 19.3 Å². The lowest BCUT2D eigenvalue weighted by molar-refractivity contribution is -0.140. The molecule has 7 heteroatoms. The van der Waals surface area contributed by atoms with Crippen LogP contribution in [0.15, 0.2) is 0 Å². The van der Waals surface area contributed by atoms with Gasteiger partial charge in [-0.2, -0.15) is 0 Å². The van der Waals surface area contributed by atoms with Crippen molar-refractivity contribution in [2.24, 2.45) is 0 Å². The van der Waals surface area contributed by atoms with Crippen molar-refractivity contribution in [1.82, 2.24) is 9.80 Å². The zero-order valence-corrected chi connectivity index (χ0v) is 12.9. The van der Waals surface area contributed by atoms with Gasteiger partial charge in [0.25, 0.3) is 0 Å². The number of ether oxygens (including phenoxy) is 1. The minimum atomic E-state index is -0.161. The van der Waals surface area contributed by atoms with Crippen LogP contribution in [0, 0.1) is 0 Å². The molecule has 0 aromatic carbocycles. The van der Waals surface area contributed by atoms with Crippen LogP contribution in [0.5, 0.6) is 0 Å². The van der Waals surface area contributed by atoms with Gasteiger partial charge in [0.1, 0.15) is 0 Å². The molecule has 1 fully saturated rings. The van der Waals surface area contributed by atoms with Crippen LogP contribution in [0.4, 0.5) is 0 Å². The topological polar surface area (TPSA) is 32.8 Å². The molecule has 0 N–H and O–H groups in total. The molecule has 0 aromatic heterocycles. The van der Waals surface area contributed by atoms with Crippen LogP contribution in [0.25, 0.3) is 0 Å². The maximum atomic E-state index is 12.2. The van der Waals surface area contributed by atoms with E-state index in [1.165, 1.54) is 0 Å². The molecule has 108 valence electrons. The Balaban J connectivity index is 0.00000289. The van der Waals surface area contributed by atoms with Crippen LogP contribution >= 0.6 is 35.6 Å². The molecule has 1 saturated heterocycles. The van der Waals surface area contributed by atoms with Crippen LogP contribution in [-0.4, -0.2) is 72.9 Å². The zero-order chi connectivity index (χ0) is 12.7. The van der Waals surface area contributed by atoms with E-state index in [1.807, 2.05) is 16.7 Å². The van der Waals surface area contributed by atoms with Gasteiger partial charge in [-0.05, 0) is 6.92 Å². The number of amides is 1. The number of carbonyl (C=O) groups excluding carboxylic acids is 1. The molecule has 0 radical (unpaired) electrons. The minimum Gasteiger partial charge on any atom is -0.378 e. The average Bonchev–Trinajstić information content (AvgIpc) is 2.38. The van der Waals surface area contributed by atoms with Crippen molar-refractivity contribution in [1.29, 1.82) is 0 Å². The van der Waals surface area contributed by atoms with E-state index in [2.05, 4.69) is 0 Å². The largest absolute Gasteiger partial charge is 0.378 e. The number of halogens is 3. The molecule has 4 nitrogen and oxygen atoms in total. The molecule has 1 atom stereocenters. The Labute approximate surface area is 125 Å². The minimum absolute atomic E-state index is 0. The summed E-state index contributed by atoms with van der Waals surface area (Å²) in [4.78, 5) is 16.1. The third kappa shape index (κ3) is 5.49. The second kappa shape index (κ2) is 10.1. The fourth-order valence-corrected chi connectivity index (χ4v) is 2.35. The van der Waals surface area contributed by atoms with Crippen LogP contribution in [0.2, 0.25) is 0 Å². The Morgan fingerprint density at radius 3 is 2.22 bits per heavy atom. The van der Waals surface area contributed by atoms with E-state index in [1.54, 1.807) is 0 Å². The van der Waals surface area contributed by atoms with E-state index in [0.29, 0.717) is 51.2 Å². The van der Waals surface area contributed by atoms with Crippen LogP contribution in [0.1, 0.15) is 6.92 Å². The van der Waals surface area contributed by atoms with Crippen LogP contribution in [-0.2, 0) is 9.53 Å². The predicted octanol–water partition coefficient (Wildman–Crippen LogP) is 1.44. The second-order valence-electron chi connectivity index (χ2n) is 4.03. The van der Waals surface area contributed by atoms with Gasteiger partial charge in [0, 0.05) is 37.9 Å². The molecule has 1 amide bonds. The van der Waals surface area contributed by atoms with Crippen LogP contribution in [0.3, 0.4) is 0 Å². The highest BCUT2D eigenvalue weighted by Gasteiger charge is 2.26. The highest BCUT2D eigenvalue weighted by atomic mass is 35.5. The van der Waals surface area contributed by atoms with Gasteiger partial charge in [-0.3, -0.25) is 9.69 Å². The summed E-state index contributed by atoms with van der Waals surface area (Å²) in [6.45, 7) is 5.90. The SMILES string of the molecule is CC(C(=O)N1CCOCC1)N(CCCl)CCCl.Cl. The first-order valence-electron chi connectivity index (χ1n) is 5.93. The number of alkyl halides is 2. The lowest BCUT2D eigenvalue weighted by atomic mass is 10.2. The van der Waals surface area contributed by atoms with E-state index in [0.717, 1.165) is 0 Å². The van der Waals surface area contributed by atoms with E-state index >= 15 is 0 Å². The van der Waals surface area contributed by atoms with Crippen molar-refractivity contribution in [2.75, 3.05) is 51.2 Å². The van der Waals surface area contributed by atoms with Gasteiger partial charge < -0.3 is 9.64 Å². The molecular formula is C11H21Cl3N2O2. The first-order valence-corrected chi connectivity index (χ1v) is 7.00. The lowest BCUT2D eigenvalue weighted by Gasteiger charge is -2.33. The molecule has 18 heavy (non-hydrogen) atoms. The summed E-state index contributed by atoms with van der Waals surface area (Å²) in [5, 5.41) is 0. The van der Waals surface area contributed by atoms with E-state index in [9.17, 15) is 4.79 Å². The third-order valence-electron chi connectivity index (χ3n) is 2.97. The summed E-state index contributed by atoms with van der Waals surface area (Å²) < 4.78 is 5.24. The Bertz CT molecular complexity index is 232. The maximum absolute atomic E-state index is 12.2. The van der Waals surface area contributed by atoms with Gasteiger partial charge in [0.15, 0.2) is 0 Å². The number of hydrogen-bond donors (Lipinski definition) is 0. The number of hydrogen-bond acceptors (Lipinski definition) is 3. The molecular weight excluding hydrogens is 298 g/mol. The molecule has 1 aliphatic rings. The first-order chi connectivity index (χ1) is 8.20. The summed E-state index contributed by atoms with van der Waals surface area (Å²) >= 11 is 11.5. The average molecular weight is 320 g/mol. The summed E-state index contributed by atoms with van der Waals surface area (Å²) in [6, 6.07) is -0.161. The molecule has 0 bridgehead atoms. The summed E-state index contributed by atoms with van der Waals surface area (Å²) in [5.41, 5.74) is 0. The van der Waals surface area contributed by atoms with Crippen molar-refractivity contribution >= 4 is 41.5 Å². The van der Waals surface area contributed by atoms with Gasteiger partial charge in [-0.15, -0.1) is 35.6 Å². The fourth-order valence-electron chi connectivity index (χ4n) is 1.92. The van der Waals surface area contributed by atoms with Gasteiger partial charge in [-0.25, -0.2) is 0 Å². The van der Waals surface area contributed by atoms with Crippen molar-refractivity contribution in [2.45, 2.75) is 13.0 Å². The monoisotopic (exact) mass is 318 g/mol. The molecule has 0 spiro atoms. The highest BCUT2D eigenvalue weighted by Crippen LogP contribution is 2.07. The normalized spacial score (nSPS) is 17.4. The number of rotatable bonds is 6. The van der Waals surface area contributed by atoms with E-state index < -0.39 is 0 Å². The zero-order valence-electron chi connectivity index (χ0n) is 10.6. The Hall–Kier alpha value is 0.260. The van der Waals surface area contributed by atoms with Gasteiger partial charge >= 0.3 is 0 Å². The highest BCUT2D eigenvalue weighted by molar-refractivity contribution is 6.18. The lowest BCUT2D eigenvalue weighted by Crippen LogP contribution is -2.51. The Morgan fingerprint density at radius 2 is 1.78 bits per heavy atom. The van der Waals surface area contributed by atoms with Crippen molar-refractivity contribution in [3.63, 3.8) is 0 Å². The van der Waals surface area contributed by atoms with Crippen LogP contribution < -0.4 is 0 Å². The van der Waals surface area contributed by atoms with Crippen molar-refractivity contribution in [3.05, 3.63) is 0 Å². The second-order valence-corrected chi connectivity index (χ2v) is 4.78. The number of morpholine rings is 1. The molecule has 1 unspecified atom stereocenters. The first kappa shape index (κ1) is 18.3. The molecule has 0 aromatic rings. The van der Waals surface area contributed by atoms with E-state index in [4.69, 9.17) is 27.9 Å². The van der Waals surface area contributed by atoms with E-state index in [-0.39, 0.29) is 24.4 Å². The van der Waals surface area contributed by atoms with Gasteiger partial charge in [0.2, 0.25) is 5.91 Å². The number of carbonyl (C=O) groups is 1. The van der Waals surface area contributed by atoms with Gasteiger partial charge in [-0.1, -0.05) is 0 Å². The molecule has 1 heterocycles. The van der Waals surface area contributed by atoms with Crippen molar-refractivity contribution in [3.8, 4) is 0 Å². The quantitative estimate of drug-likeness (QED) is 0.695. The standard InChI is InChI=1S/C11H20Cl2N2O2.ClH/c1-10(14(4-2-12)5-3-13)11(16)15-6-8-17-9-7-15;/h10H,2-9H2,1H3;1H. The molecule has 0 saturated carbocycles. The molecule has 0 aliphatic carbocycles. The predicted molar refractivity (Wildman–Crippen MR) is 77.1 cm³/mol. The summed E-state index contributed by atoms with van der Waals surface area (Å²) in [7, 11) is 0. The smallest absolute Gasteiger partial charge is 0.239 e. The fraction of sp³-hybridized carbons (Fsp3) is 0.909. The maximum Gasteiger partial charge on any atom is 0.239 e. The van der Waals surface area contributed by atoms with Crippen molar-refractivity contribution < 1.29 is 9.53 Å². The Morgan fingerprint density at radius 1 is 1.28 bits per heavy atom. The molecule has 1 aliphatic heterocycles. The molecule has 1 rings (SSSR count). The summed E-state index contributed by atoms with van der Waals surface area (Å²) in [6.07, 6.45) is 0. The summed E-state index contributed by atoms with van der Waals surface area (Å²) in [5.74, 6) is 1.17. The number of nitrogens with zero attached hydrogens (tertiary/aromatic N) is 2.